The average molecular weight is 578 g/mol. The summed E-state index contributed by atoms with van der Waals surface area (Å²) in [6.07, 6.45) is -0.802. The molecule has 1 aliphatic rings. The Morgan fingerprint density at radius 3 is 2.05 bits per heavy atom. The highest BCUT2D eigenvalue weighted by Gasteiger charge is 2.39. The van der Waals surface area contributed by atoms with E-state index in [2.05, 4.69) is 21.3 Å². The minimum Gasteiger partial charge on any atom is -0.480 e. The molecule has 0 bridgehead atoms. The molecule has 7 atom stereocenters. The fourth-order valence-corrected chi connectivity index (χ4v) is 4.14. The summed E-state index contributed by atoms with van der Waals surface area (Å²) in [5.74, 6) is -10.2. The SMILES string of the molecule is C[C@H](NC(=O)C1NC(=O)[C@H](CC(N)=O)NC(=O)[C@H](C)NC(=O)C(CO)NC(=O)[C@@H](N)CSC1C(=O)O)C(=O)O. The van der Waals surface area contributed by atoms with Gasteiger partial charge >= 0.3 is 11.9 Å². The van der Waals surface area contributed by atoms with E-state index in [-0.39, 0.29) is 0 Å². The minimum absolute atomic E-state index is 0.427. The lowest BCUT2D eigenvalue weighted by atomic mass is 10.1. The Balaban J connectivity index is 3.53. The van der Waals surface area contributed by atoms with Crippen molar-refractivity contribution < 1.29 is 53.7 Å². The van der Waals surface area contributed by atoms with E-state index in [0.717, 1.165) is 6.92 Å². The molecule has 0 aromatic carbocycles. The van der Waals surface area contributed by atoms with Crippen LogP contribution in [-0.2, 0) is 38.4 Å². The Labute approximate surface area is 225 Å². The quantitative estimate of drug-likeness (QED) is 0.135. The average Bonchev–Trinajstić information content (AvgIpc) is 2.84. The van der Waals surface area contributed by atoms with Crippen LogP contribution in [0.2, 0.25) is 0 Å². The van der Waals surface area contributed by atoms with Crippen LogP contribution in [0.15, 0.2) is 0 Å². The summed E-state index contributed by atoms with van der Waals surface area (Å²) in [5.41, 5.74) is 10.9. The van der Waals surface area contributed by atoms with Crippen LogP contribution in [0.5, 0.6) is 0 Å². The first kappa shape index (κ1) is 33.1. The third-order valence-corrected chi connectivity index (χ3v) is 6.64. The molecule has 1 saturated heterocycles. The molecule has 0 aromatic heterocycles. The zero-order chi connectivity index (χ0) is 30.0. The van der Waals surface area contributed by atoms with Crippen LogP contribution in [-0.4, -0.2) is 117 Å². The zero-order valence-corrected chi connectivity index (χ0v) is 21.6. The molecule has 0 aliphatic carbocycles. The summed E-state index contributed by atoms with van der Waals surface area (Å²) in [6.45, 7) is 1.35. The standard InChI is InChI=1S/C20H31N7O11S/c1-6-14(30)25-9(3-11(22)29)16(32)27-12(18(34)24-7(2)19(35)36)13(20(37)38)39-5-8(21)15(31)26-10(4-28)17(33)23-6/h6-10,12-13,28H,3-5,21H2,1-2H3,(H2,22,29)(H,23,33)(H,24,34)(H,25,30)(H,26,31)(H,27,32)(H,35,36)(H,37,38)/t6-,7-,8-,9-,10?,12?,13?/m0/s1. The molecule has 0 spiro atoms. The summed E-state index contributed by atoms with van der Waals surface area (Å²) in [4.78, 5) is 98.3. The molecule has 3 unspecified atom stereocenters. The number of thioether (sulfide) groups is 1. The largest absolute Gasteiger partial charge is 0.480 e. The number of carbonyl (C=O) groups excluding carboxylic acids is 6. The summed E-state index contributed by atoms with van der Waals surface area (Å²) in [5, 5.41) is 37.1. The van der Waals surface area contributed by atoms with Crippen molar-refractivity contribution in [1.82, 2.24) is 26.6 Å². The van der Waals surface area contributed by atoms with Crippen molar-refractivity contribution >= 4 is 59.1 Å². The van der Waals surface area contributed by atoms with Gasteiger partial charge in [0.05, 0.1) is 19.1 Å². The fraction of sp³-hybridized carbons (Fsp3) is 0.600. The van der Waals surface area contributed by atoms with Crippen LogP contribution in [0.3, 0.4) is 0 Å². The van der Waals surface area contributed by atoms with Crippen LogP contribution < -0.4 is 38.1 Å². The number of primary amides is 1. The van der Waals surface area contributed by atoms with Gasteiger partial charge in [-0.05, 0) is 13.8 Å². The van der Waals surface area contributed by atoms with E-state index in [1.54, 1.807) is 0 Å². The number of hydrogen-bond donors (Lipinski definition) is 10. The first-order valence-electron chi connectivity index (χ1n) is 11.3. The van der Waals surface area contributed by atoms with Crippen molar-refractivity contribution in [2.45, 2.75) is 61.8 Å². The first-order valence-corrected chi connectivity index (χ1v) is 12.4. The van der Waals surface area contributed by atoms with Gasteiger partial charge in [-0.1, -0.05) is 0 Å². The molecular formula is C20H31N7O11S. The van der Waals surface area contributed by atoms with Crippen molar-refractivity contribution in [1.29, 1.82) is 0 Å². The molecule has 0 radical (unpaired) electrons. The lowest BCUT2D eigenvalue weighted by Gasteiger charge is -2.28. The van der Waals surface area contributed by atoms with Crippen molar-refractivity contribution in [2.75, 3.05) is 12.4 Å². The van der Waals surface area contributed by atoms with Gasteiger partial charge in [0.15, 0.2) is 0 Å². The Bertz CT molecular complexity index is 1010. The van der Waals surface area contributed by atoms with E-state index in [1.165, 1.54) is 6.92 Å². The van der Waals surface area contributed by atoms with Gasteiger partial charge in [0, 0.05) is 5.75 Å². The number of aliphatic hydroxyl groups is 1. The number of hydrogen-bond acceptors (Lipinski definition) is 11. The van der Waals surface area contributed by atoms with Gasteiger partial charge in [-0.3, -0.25) is 38.4 Å². The minimum atomic E-state index is -1.99. The second-order valence-corrected chi connectivity index (χ2v) is 9.63. The summed E-state index contributed by atoms with van der Waals surface area (Å²) < 4.78 is 0. The number of carboxylic acids is 2. The smallest absolute Gasteiger partial charge is 0.325 e. The molecule has 0 saturated carbocycles. The molecule has 1 heterocycles. The number of carbonyl (C=O) groups is 8. The van der Waals surface area contributed by atoms with Crippen molar-refractivity contribution in [3.05, 3.63) is 0 Å². The Morgan fingerprint density at radius 2 is 1.54 bits per heavy atom. The predicted octanol–water partition coefficient (Wildman–Crippen LogP) is -6.07. The number of rotatable bonds is 7. The molecular weight excluding hydrogens is 546 g/mol. The normalized spacial score (nSPS) is 28.1. The van der Waals surface area contributed by atoms with E-state index >= 15 is 0 Å². The maximum atomic E-state index is 13.0. The topological polar surface area (TPSA) is 309 Å². The number of amides is 6. The molecule has 39 heavy (non-hydrogen) atoms. The van der Waals surface area contributed by atoms with Gasteiger partial charge in [-0.15, -0.1) is 11.8 Å². The van der Waals surface area contributed by atoms with Crippen LogP contribution in [0.1, 0.15) is 20.3 Å². The fourth-order valence-electron chi connectivity index (χ4n) is 3.05. The van der Waals surface area contributed by atoms with E-state index in [4.69, 9.17) is 16.6 Å². The summed E-state index contributed by atoms with van der Waals surface area (Å²) in [6, 6.07) is -9.67. The first-order chi connectivity index (χ1) is 18.1. The maximum absolute atomic E-state index is 13.0. The van der Waals surface area contributed by atoms with Crippen LogP contribution in [0, 0.1) is 0 Å². The lowest BCUT2D eigenvalue weighted by molar-refractivity contribution is -0.143. The number of aliphatic hydroxyl groups excluding tert-OH is 1. The number of aliphatic carboxylic acids is 2. The molecule has 0 aromatic rings. The molecule has 1 aliphatic heterocycles. The summed E-state index contributed by atoms with van der Waals surface area (Å²) >= 11 is 0.427. The Kier molecular flexibility index (Phi) is 12.6. The highest BCUT2D eigenvalue weighted by molar-refractivity contribution is 8.00. The van der Waals surface area contributed by atoms with Gasteiger partial charge in [-0.25, -0.2) is 0 Å². The zero-order valence-electron chi connectivity index (χ0n) is 20.8. The van der Waals surface area contributed by atoms with Gasteiger partial charge in [0.1, 0.15) is 35.5 Å². The van der Waals surface area contributed by atoms with E-state index < -0.39 is 108 Å². The van der Waals surface area contributed by atoms with Crippen molar-refractivity contribution in [3.8, 4) is 0 Å². The Morgan fingerprint density at radius 1 is 0.974 bits per heavy atom. The molecule has 18 nitrogen and oxygen atoms in total. The third-order valence-electron chi connectivity index (χ3n) is 5.25. The molecule has 218 valence electrons. The summed E-state index contributed by atoms with van der Waals surface area (Å²) in [7, 11) is 0. The van der Waals surface area contributed by atoms with Crippen molar-refractivity contribution in [2.24, 2.45) is 11.5 Å². The van der Waals surface area contributed by atoms with E-state index in [9.17, 15) is 48.6 Å². The molecule has 19 heteroatoms. The monoisotopic (exact) mass is 577 g/mol. The molecule has 1 fully saturated rings. The number of nitrogens with one attached hydrogen (secondary N) is 5. The van der Waals surface area contributed by atoms with E-state index in [1.807, 2.05) is 5.32 Å². The predicted molar refractivity (Wildman–Crippen MR) is 131 cm³/mol. The highest BCUT2D eigenvalue weighted by Crippen LogP contribution is 2.18. The van der Waals surface area contributed by atoms with Gasteiger partial charge in [-0.2, -0.15) is 0 Å². The number of nitrogens with two attached hydrogens (primary N) is 2. The second-order valence-electron chi connectivity index (χ2n) is 8.46. The third kappa shape index (κ3) is 10.0. The van der Waals surface area contributed by atoms with Gasteiger partial charge < -0.3 is 53.4 Å². The van der Waals surface area contributed by atoms with Gasteiger partial charge in [0.2, 0.25) is 35.4 Å². The van der Waals surface area contributed by atoms with E-state index in [0.29, 0.717) is 11.8 Å². The lowest BCUT2D eigenvalue weighted by Crippen LogP contribution is -2.62. The molecule has 1 rings (SSSR count). The second kappa shape index (κ2) is 14.8. The Hall–Kier alpha value is -3.97. The van der Waals surface area contributed by atoms with Crippen LogP contribution >= 0.6 is 11.8 Å². The molecule has 12 N–H and O–H groups in total. The highest BCUT2D eigenvalue weighted by atomic mass is 32.2. The molecule has 6 amide bonds. The van der Waals surface area contributed by atoms with Crippen LogP contribution in [0.25, 0.3) is 0 Å². The number of carboxylic acid groups (broad SMARTS) is 2. The van der Waals surface area contributed by atoms with Crippen molar-refractivity contribution in [3.63, 3.8) is 0 Å². The maximum Gasteiger partial charge on any atom is 0.325 e. The van der Waals surface area contributed by atoms with Crippen LogP contribution in [0.4, 0.5) is 0 Å². The van der Waals surface area contributed by atoms with Gasteiger partial charge in [0.25, 0.3) is 0 Å².